The molecule has 0 rings (SSSR count). The molecule has 0 saturated carbocycles. The third kappa shape index (κ3) is 16.7. The Balaban J connectivity index is 3.35. The van der Waals surface area contributed by atoms with Gasteiger partial charge in [-0.05, 0) is 19.8 Å². The van der Waals surface area contributed by atoms with Crippen LogP contribution in [0.4, 0.5) is 0 Å². The van der Waals surface area contributed by atoms with Gasteiger partial charge in [0.2, 0.25) is 0 Å². The van der Waals surface area contributed by atoms with E-state index < -0.39 is 0 Å². The second-order valence-corrected chi connectivity index (χ2v) is 5.54. The van der Waals surface area contributed by atoms with Crippen LogP contribution in [0.2, 0.25) is 0 Å². The van der Waals surface area contributed by atoms with E-state index in [0.717, 1.165) is 6.42 Å². The molecule has 0 aliphatic heterocycles. The highest BCUT2D eigenvalue weighted by Gasteiger charge is 1.91. The van der Waals surface area contributed by atoms with E-state index in [-0.39, 0.29) is 5.97 Å². The topological polar surface area (TPSA) is 26.3 Å². The zero-order valence-corrected chi connectivity index (χ0v) is 14.6. The summed E-state index contributed by atoms with van der Waals surface area (Å²) in [5.41, 5.74) is 0. The quantitative estimate of drug-likeness (QED) is 0.167. The van der Waals surface area contributed by atoms with E-state index in [4.69, 9.17) is 4.74 Å². The third-order valence-corrected chi connectivity index (χ3v) is 3.46. The summed E-state index contributed by atoms with van der Waals surface area (Å²) in [6.45, 7) is 4.49. The largest absolute Gasteiger partial charge is 0.463 e. The van der Waals surface area contributed by atoms with Crippen LogP contribution < -0.4 is 0 Å². The van der Waals surface area contributed by atoms with E-state index >= 15 is 0 Å². The molecule has 22 heavy (non-hydrogen) atoms. The van der Waals surface area contributed by atoms with Gasteiger partial charge in [0.1, 0.15) is 0 Å². The van der Waals surface area contributed by atoms with Crippen molar-refractivity contribution in [3.8, 4) is 0 Å². The smallest absolute Gasteiger partial charge is 0.330 e. The molecule has 126 valence electrons. The first kappa shape index (κ1) is 20.7. The number of allylic oxidation sites excluding steroid dienone is 5. The van der Waals surface area contributed by atoms with Crippen molar-refractivity contribution in [2.75, 3.05) is 6.61 Å². The first-order valence-corrected chi connectivity index (χ1v) is 8.97. The molecule has 0 saturated heterocycles. The van der Waals surface area contributed by atoms with Gasteiger partial charge in [0.15, 0.2) is 0 Å². The molecule has 2 heteroatoms. The highest BCUT2D eigenvalue weighted by molar-refractivity contribution is 5.82. The molecule has 0 N–H and O–H groups in total. The number of ether oxygens (including phenoxy) is 1. The van der Waals surface area contributed by atoms with Crippen molar-refractivity contribution < 1.29 is 9.53 Å². The number of unbranched alkanes of at least 4 members (excludes halogenated alkanes) is 9. The minimum atomic E-state index is -0.286. The van der Waals surface area contributed by atoms with Gasteiger partial charge in [-0.1, -0.05) is 88.7 Å². The lowest BCUT2D eigenvalue weighted by atomic mass is 10.1. The van der Waals surface area contributed by atoms with Gasteiger partial charge >= 0.3 is 5.97 Å². The van der Waals surface area contributed by atoms with Gasteiger partial charge in [-0.15, -0.1) is 0 Å². The predicted molar refractivity (Wildman–Crippen MR) is 95.9 cm³/mol. The predicted octanol–water partition coefficient (Wildman–Crippen LogP) is 6.14. The Morgan fingerprint density at radius 2 is 1.36 bits per heavy atom. The molecule has 0 bridgehead atoms. The number of carbonyl (C=O) groups excluding carboxylic acids is 1. The van der Waals surface area contributed by atoms with Crippen LogP contribution in [-0.2, 0) is 9.53 Å². The highest BCUT2D eigenvalue weighted by atomic mass is 16.5. The van der Waals surface area contributed by atoms with Crippen LogP contribution >= 0.6 is 0 Å². The van der Waals surface area contributed by atoms with Crippen molar-refractivity contribution in [2.24, 2.45) is 0 Å². The first-order valence-electron chi connectivity index (χ1n) is 8.97. The SMILES string of the molecule is CCCCCCCCCCCC=CC=CC=CC(=O)OCC. The Kier molecular flexibility index (Phi) is 16.7. The monoisotopic (exact) mass is 306 g/mol. The fourth-order valence-corrected chi connectivity index (χ4v) is 2.20. The molecule has 0 spiro atoms. The van der Waals surface area contributed by atoms with Crippen molar-refractivity contribution in [1.29, 1.82) is 0 Å². The number of rotatable bonds is 14. The molecule has 0 amide bonds. The van der Waals surface area contributed by atoms with Gasteiger partial charge < -0.3 is 4.74 Å². The molecule has 0 atom stereocenters. The van der Waals surface area contributed by atoms with Crippen molar-refractivity contribution in [2.45, 2.75) is 78.1 Å². The van der Waals surface area contributed by atoms with Gasteiger partial charge in [-0.2, -0.15) is 0 Å². The van der Waals surface area contributed by atoms with Crippen LogP contribution in [-0.4, -0.2) is 12.6 Å². The average molecular weight is 306 g/mol. The summed E-state index contributed by atoms with van der Waals surface area (Å²) in [5, 5.41) is 0. The molecule has 0 radical (unpaired) electrons. The van der Waals surface area contributed by atoms with E-state index in [9.17, 15) is 4.79 Å². The van der Waals surface area contributed by atoms with E-state index in [2.05, 4.69) is 13.0 Å². The van der Waals surface area contributed by atoms with Crippen molar-refractivity contribution in [3.63, 3.8) is 0 Å². The number of carbonyl (C=O) groups is 1. The summed E-state index contributed by atoms with van der Waals surface area (Å²) in [4.78, 5) is 11.0. The van der Waals surface area contributed by atoms with Crippen LogP contribution in [0, 0.1) is 0 Å². The zero-order chi connectivity index (χ0) is 16.3. The Morgan fingerprint density at radius 1 is 0.773 bits per heavy atom. The third-order valence-electron chi connectivity index (χ3n) is 3.46. The van der Waals surface area contributed by atoms with E-state index in [0.29, 0.717) is 6.61 Å². The molecule has 0 aliphatic rings. The lowest BCUT2D eigenvalue weighted by molar-refractivity contribution is -0.137. The van der Waals surface area contributed by atoms with E-state index in [1.165, 1.54) is 63.9 Å². The van der Waals surface area contributed by atoms with Crippen LogP contribution in [0.15, 0.2) is 36.5 Å². The zero-order valence-electron chi connectivity index (χ0n) is 14.6. The second kappa shape index (κ2) is 17.7. The molecule has 0 unspecified atom stereocenters. The maximum absolute atomic E-state index is 11.0. The highest BCUT2D eigenvalue weighted by Crippen LogP contribution is 2.10. The molecule has 0 fully saturated rings. The van der Waals surface area contributed by atoms with Crippen LogP contribution in [0.25, 0.3) is 0 Å². The standard InChI is InChI=1S/C20H34O2/c1-3-5-6-7-8-9-10-11-12-13-14-15-16-17-18-19-20(21)22-4-2/h14-19H,3-13H2,1-2H3. The average Bonchev–Trinajstić information content (AvgIpc) is 2.51. The normalized spacial score (nSPS) is 11.9. The van der Waals surface area contributed by atoms with Crippen LogP contribution in [0.5, 0.6) is 0 Å². The summed E-state index contributed by atoms with van der Waals surface area (Å²) in [7, 11) is 0. The number of esters is 1. The number of hydrogen-bond donors (Lipinski definition) is 0. The van der Waals surface area contributed by atoms with Gasteiger partial charge in [-0.25, -0.2) is 4.79 Å². The first-order chi connectivity index (χ1) is 10.8. The fourth-order valence-electron chi connectivity index (χ4n) is 2.20. The molecular weight excluding hydrogens is 272 g/mol. The maximum atomic E-state index is 11.0. The van der Waals surface area contributed by atoms with Crippen LogP contribution in [0.1, 0.15) is 78.1 Å². The Hall–Kier alpha value is -1.31. The summed E-state index contributed by atoms with van der Waals surface area (Å²) in [6, 6.07) is 0. The minimum absolute atomic E-state index is 0.286. The summed E-state index contributed by atoms with van der Waals surface area (Å²) >= 11 is 0. The van der Waals surface area contributed by atoms with Gasteiger partial charge in [0.05, 0.1) is 6.61 Å². The molecule has 0 heterocycles. The summed E-state index contributed by atoms with van der Waals surface area (Å²) < 4.78 is 4.78. The van der Waals surface area contributed by atoms with Crippen molar-refractivity contribution in [1.82, 2.24) is 0 Å². The molecule has 0 aromatic carbocycles. The van der Waals surface area contributed by atoms with Gasteiger partial charge in [-0.3, -0.25) is 0 Å². The molecule has 0 aromatic rings. The Labute approximate surface area is 137 Å². The summed E-state index contributed by atoms with van der Waals surface area (Å²) in [6.07, 6.45) is 24.7. The van der Waals surface area contributed by atoms with Crippen molar-refractivity contribution in [3.05, 3.63) is 36.5 Å². The fraction of sp³-hybridized carbons (Fsp3) is 0.650. The molecular formula is C20H34O2. The lowest BCUT2D eigenvalue weighted by Gasteiger charge is -2.00. The molecule has 0 aliphatic carbocycles. The molecule has 2 nitrogen and oxygen atoms in total. The molecule has 0 aromatic heterocycles. The number of hydrogen-bond acceptors (Lipinski definition) is 2. The van der Waals surface area contributed by atoms with E-state index in [1.807, 2.05) is 18.2 Å². The summed E-state index contributed by atoms with van der Waals surface area (Å²) in [5.74, 6) is -0.286. The maximum Gasteiger partial charge on any atom is 0.330 e. The second-order valence-electron chi connectivity index (χ2n) is 5.54. The van der Waals surface area contributed by atoms with Gasteiger partial charge in [0.25, 0.3) is 0 Å². The van der Waals surface area contributed by atoms with E-state index in [1.54, 1.807) is 13.0 Å². The Bertz CT molecular complexity index is 327. The van der Waals surface area contributed by atoms with Crippen molar-refractivity contribution >= 4 is 5.97 Å². The minimum Gasteiger partial charge on any atom is -0.463 e. The van der Waals surface area contributed by atoms with Gasteiger partial charge in [0, 0.05) is 6.08 Å². The Morgan fingerprint density at radius 3 is 2.00 bits per heavy atom. The van der Waals surface area contributed by atoms with Crippen LogP contribution in [0.3, 0.4) is 0 Å². The lowest BCUT2D eigenvalue weighted by Crippen LogP contribution is -1.98.